The standard InChI is InChI=1S/C18H20ClN3O3/c1-25-13-8-6-12(7-9-13)11-21-17(23)10-16(22-18(20)24)14-4-2-3-5-15(14)19/h2-9,16H,10-11H2,1H3,(H,21,23)(H3,20,22,24)/t16-/m0/s1. The van der Waals surface area contributed by atoms with Crippen molar-refractivity contribution in [1.82, 2.24) is 10.6 Å². The van der Waals surface area contributed by atoms with Gasteiger partial charge >= 0.3 is 6.03 Å². The van der Waals surface area contributed by atoms with Gasteiger partial charge in [0.1, 0.15) is 5.75 Å². The normalized spacial score (nSPS) is 11.4. The number of primary amides is 1. The molecule has 7 heteroatoms. The van der Waals surface area contributed by atoms with E-state index in [1.54, 1.807) is 31.4 Å². The lowest BCUT2D eigenvalue weighted by Crippen LogP contribution is -2.36. The summed E-state index contributed by atoms with van der Waals surface area (Å²) in [6, 6.07) is 13.1. The number of urea groups is 1. The van der Waals surface area contributed by atoms with Crippen molar-refractivity contribution in [3.63, 3.8) is 0 Å². The van der Waals surface area contributed by atoms with Crippen LogP contribution in [0.3, 0.4) is 0 Å². The van der Waals surface area contributed by atoms with Gasteiger partial charge in [0, 0.05) is 11.6 Å². The lowest BCUT2D eigenvalue weighted by atomic mass is 10.0. The largest absolute Gasteiger partial charge is 0.497 e. The van der Waals surface area contributed by atoms with Crippen LogP contribution in [0.25, 0.3) is 0 Å². The first-order chi connectivity index (χ1) is 12.0. The Morgan fingerprint density at radius 3 is 2.44 bits per heavy atom. The average molecular weight is 362 g/mol. The van der Waals surface area contributed by atoms with E-state index in [9.17, 15) is 9.59 Å². The molecule has 4 N–H and O–H groups in total. The fraction of sp³-hybridized carbons (Fsp3) is 0.222. The number of methoxy groups -OCH3 is 1. The molecule has 0 radical (unpaired) electrons. The second-order valence-corrected chi connectivity index (χ2v) is 5.82. The molecule has 0 spiro atoms. The second-order valence-electron chi connectivity index (χ2n) is 5.41. The fourth-order valence-corrected chi connectivity index (χ4v) is 2.64. The SMILES string of the molecule is COc1ccc(CNC(=O)C[C@H](NC(N)=O)c2ccccc2Cl)cc1. The van der Waals surface area contributed by atoms with Gasteiger partial charge in [-0.05, 0) is 29.3 Å². The summed E-state index contributed by atoms with van der Waals surface area (Å²) in [4.78, 5) is 23.5. The molecule has 1 atom stereocenters. The molecule has 0 bridgehead atoms. The lowest BCUT2D eigenvalue weighted by molar-refractivity contribution is -0.121. The molecule has 25 heavy (non-hydrogen) atoms. The Morgan fingerprint density at radius 1 is 1.16 bits per heavy atom. The zero-order chi connectivity index (χ0) is 18.2. The van der Waals surface area contributed by atoms with E-state index in [1.165, 1.54) is 0 Å². The summed E-state index contributed by atoms with van der Waals surface area (Å²) >= 11 is 6.15. The van der Waals surface area contributed by atoms with Crippen molar-refractivity contribution in [3.8, 4) is 5.75 Å². The number of hydrogen-bond donors (Lipinski definition) is 3. The van der Waals surface area contributed by atoms with Crippen LogP contribution in [0.4, 0.5) is 4.79 Å². The third kappa shape index (κ3) is 5.69. The van der Waals surface area contributed by atoms with Crippen molar-refractivity contribution in [1.29, 1.82) is 0 Å². The van der Waals surface area contributed by atoms with E-state index in [2.05, 4.69) is 10.6 Å². The van der Waals surface area contributed by atoms with E-state index < -0.39 is 12.1 Å². The van der Waals surface area contributed by atoms with Gasteiger partial charge in [-0.1, -0.05) is 41.9 Å². The monoisotopic (exact) mass is 361 g/mol. The van der Waals surface area contributed by atoms with Gasteiger partial charge < -0.3 is 21.1 Å². The van der Waals surface area contributed by atoms with Crippen LogP contribution in [0.15, 0.2) is 48.5 Å². The maximum atomic E-state index is 12.2. The third-order valence-electron chi connectivity index (χ3n) is 3.64. The molecule has 2 aromatic rings. The third-order valence-corrected chi connectivity index (χ3v) is 3.98. The maximum absolute atomic E-state index is 12.2. The quantitative estimate of drug-likeness (QED) is 0.707. The number of hydrogen-bond acceptors (Lipinski definition) is 3. The minimum atomic E-state index is -0.715. The first-order valence-corrected chi connectivity index (χ1v) is 8.07. The van der Waals surface area contributed by atoms with Gasteiger partial charge in [0.2, 0.25) is 5.91 Å². The predicted octanol–water partition coefficient (Wildman–Crippen LogP) is 2.76. The van der Waals surface area contributed by atoms with E-state index >= 15 is 0 Å². The molecule has 132 valence electrons. The van der Waals surface area contributed by atoms with Gasteiger partial charge in [0.25, 0.3) is 0 Å². The van der Waals surface area contributed by atoms with Crippen LogP contribution in [0.5, 0.6) is 5.75 Å². The van der Waals surface area contributed by atoms with Crippen LogP contribution in [0.2, 0.25) is 5.02 Å². The van der Waals surface area contributed by atoms with E-state index in [1.807, 2.05) is 24.3 Å². The summed E-state index contributed by atoms with van der Waals surface area (Å²) in [6.45, 7) is 0.370. The van der Waals surface area contributed by atoms with Crippen molar-refractivity contribution in [2.45, 2.75) is 19.0 Å². The van der Waals surface area contributed by atoms with Gasteiger partial charge in [-0.25, -0.2) is 4.79 Å². The number of nitrogens with two attached hydrogens (primary N) is 1. The molecular weight excluding hydrogens is 342 g/mol. The molecule has 0 aliphatic heterocycles. The Hall–Kier alpha value is -2.73. The van der Waals surface area contributed by atoms with Crippen LogP contribution >= 0.6 is 11.6 Å². The number of carbonyl (C=O) groups excluding carboxylic acids is 2. The average Bonchev–Trinajstić information content (AvgIpc) is 2.60. The second kappa shape index (κ2) is 8.94. The zero-order valence-corrected chi connectivity index (χ0v) is 14.5. The molecule has 2 rings (SSSR count). The Morgan fingerprint density at radius 2 is 1.84 bits per heavy atom. The Labute approximate surface area is 151 Å². The summed E-state index contributed by atoms with van der Waals surface area (Å²) in [7, 11) is 1.59. The van der Waals surface area contributed by atoms with Crippen molar-refractivity contribution in [2.24, 2.45) is 5.73 Å². The van der Waals surface area contributed by atoms with E-state index in [0.717, 1.165) is 11.3 Å². The van der Waals surface area contributed by atoms with Gasteiger partial charge in [-0.3, -0.25) is 4.79 Å². The molecule has 0 unspecified atom stereocenters. The van der Waals surface area contributed by atoms with Crippen LogP contribution < -0.4 is 21.1 Å². The number of benzene rings is 2. The van der Waals surface area contributed by atoms with Gasteiger partial charge in [-0.15, -0.1) is 0 Å². The molecule has 0 aliphatic carbocycles. The minimum Gasteiger partial charge on any atom is -0.497 e. The van der Waals surface area contributed by atoms with E-state index in [0.29, 0.717) is 17.1 Å². The molecule has 0 heterocycles. The Balaban J connectivity index is 1.99. The number of carbonyl (C=O) groups is 2. The number of rotatable bonds is 7. The highest BCUT2D eigenvalue weighted by atomic mass is 35.5. The molecule has 2 aromatic carbocycles. The molecule has 0 saturated carbocycles. The van der Waals surface area contributed by atoms with Crippen LogP contribution in [0, 0.1) is 0 Å². The maximum Gasteiger partial charge on any atom is 0.312 e. The van der Waals surface area contributed by atoms with Crippen LogP contribution in [-0.2, 0) is 11.3 Å². The van der Waals surface area contributed by atoms with Crippen molar-refractivity contribution < 1.29 is 14.3 Å². The molecule has 0 aliphatic rings. The van der Waals surface area contributed by atoms with Crippen LogP contribution in [-0.4, -0.2) is 19.0 Å². The fourth-order valence-electron chi connectivity index (χ4n) is 2.37. The lowest BCUT2D eigenvalue weighted by Gasteiger charge is -2.19. The molecular formula is C18H20ClN3O3. The van der Waals surface area contributed by atoms with Gasteiger partial charge in [-0.2, -0.15) is 0 Å². The Bertz CT molecular complexity index is 735. The number of nitrogens with one attached hydrogen (secondary N) is 2. The predicted molar refractivity (Wildman–Crippen MR) is 96.4 cm³/mol. The van der Waals surface area contributed by atoms with E-state index in [4.69, 9.17) is 22.1 Å². The Kier molecular flexibility index (Phi) is 6.65. The molecule has 0 aromatic heterocycles. The highest BCUT2D eigenvalue weighted by Gasteiger charge is 2.19. The molecule has 0 saturated heterocycles. The van der Waals surface area contributed by atoms with Crippen LogP contribution in [0.1, 0.15) is 23.6 Å². The summed E-state index contributed by atoms with van der Waals surface area (Å²) in [5.74, 6) is 0.522. The summed E-state index contributed by atoms with van der Waals surface area (Å²) in [6.07, 6.45) is 0.0306. The van der Waals surface area contributed by atoms with E-state index in [-0.39, 0.29) is 12.3 Å². The zero-order valence-electron chi connectivity index (χ0n) is 13.8. The topological polar surface area (TPSA) is 93.4 Å². The summed E-state index contributed by atoms with van der Waals surface area (Å²) < 4.78 is 5.09. The van der Waals surface area contributed by atoms with Crippen molar-refractivity contribution in [2.75, 3.05) is 7.11 Å². The highest BCUT2D eigenvalue weighted by molar-refractivity contribution is 6.31. The number of ether oxygens (including phenoxy) is 1. The molecule has 6 nitrogen and oxygen atoms in total. The summed E-state index contributed by atoms with van der Waals surface area (Å²) in [5, 5.41) is 5.83. The molecule has 0 fully saturated rings. The molecule has 3 amide bonds. The minimum absolute atomic E-state index is 0.0306. The van der Waals surface area contributed by atoms with Gasteiger partial charge in [0.15, 0.2) is 0 Å². The van der Waals surface area contributed by atoms with Crippen molar-refractivity contribution in [3.05, 3.63) is 64.7 Å². The number of amides is 3. The number of halogens is 1. The first-order valence-electron chi connectivity index (χ1n) is 7.69. The first kappa shape index (κ1) is 18.6. The van der Waals surface area contributed by atoms with Gasteiger partial charge in [0.05, 0.1) is 19.6 Å². The summed E-state index contributed by atoms with van der Waals surface area (Å²) in [5.41, 5.74) is 6.79. The van der Waals surface area contributed by atoms with Crippen molar-refractivity contribution >= 4 is 23.5 Å². The smallest absolute Gasteiger partial charge is 0.312 e. The highest BCUT2D eigenvalue weighted by Crippen LogP contribution is 2.25.